The first-order valence-electron chi connectivity index (χ1n) is 13.0. The molecule has 216 valence electrons. The highest BCUT2D eigenvalue weighted by Crippen LogP contribution is 2.33. The van der Waals surface area contributed by atoms with Crippen molar-refractivity contribution in [3.63, 3.8) is 0 Å². The Bertz CT molecular complexity index is 2160. The molecule has 43 heavy (non-hydrogen) atoms. The van der Waals surface area contributed by atoms with Crippen molar-refractivity contribution in [1.82, 2.24) is 19.1 Å². The predicted octanol–water partition coefficient (Wildman–Crippen LogP) is 4.96. The number of aryl methyl sites for hydroxylation is 1. The summed E-state index contributed by atoms with van der Waals surface area (Å²) in [5, 5.41) is 3.96. The van der Waals surface area contributed by atoms with E-state index in [1.807, 2.05) is 0 Å². The molecule has 13 heteroatoms. The lowest BCUT2D eigenvalue weighted by Gasteiger charge is -2.14. The van der Waals surface area contributed by atoms with E-state index in [1.165, 1.54) is 46.4 Å². The van der Waals surface area contributed by atoms with Crippen molar-refractivity contribution < 1.29 is 27.7 Å². The first-order chi connectivity index (χ1) is 20.8. The second kappa shape index (κ2) is 11.1. The molecule has 1 amide bonds. The topological polar surface area (TPSA) is 134 Å². The fourth-order valence-electron chi connectivity index (χ4n) is 4.74. The Morgan fingerprint density at radius 1 is 1.14 bits per heavy atom. The van der Waals surface area contributed by atoms with Gasteiger partial charge in [0.15, 0.2) is 5.49 Å². The van der Waals surface area contributed by atoms with Crippen LogP contribution in [0.25, 0.3) is 27.9 Å². The van der Waals surface area contributed by atoms with E-state index >= 15 is 0 Å². The monoisotopic (exact) mass is 601 g/mol. The minimum Gasteiger partial charge on any atom is -0.467 e. The second-order valence-corrected chi connectivity index (χ2v) is 9.73. The quantitative estimate of drug-likeness (QED) is 0.193. The molecular weight excluding hydrogens is 581 g/mol. The summed E-state index contributed by atoms with van der Waals surface area (Å²) >= 11 is 6.27. The molecule has 0 aliphatic carbocycles. The number of rotatable bonds is 6. The maximum atomic E-state index is 14.9. The van der Waals surface area contributed by atoms with Crippen LogP contribution in [0.4, 0.5) is 4.39 Å². The van der Waals surface area contributed by atoms with Crippen LogP contribution in [0, 0.1) is 12.7 Å². The smallest absolute Gasteiger partial charge is 0.341 e. The zero-order valence-electron chi connectivity index (χ0n) is 22.7. The van der Waals surface area contributed by atoms with Crippen LogP contribution in [0.3, 0.4) is 0 Å². The highest BCUT2D eigenvalue weighted by molar-refractivity contribution is 6.33. The number of halogens is 2. The number of carbonyl (C=O) groups is 2. The minimum absolute atomic E-state index is 0.00436. The lowest BCUT2D eigenvalue weighted by Crippen LogP contribution is -2.33. The van der Waals surface area contributed by atoms with E-state index in [2.05, 4.69) is 15.1 Å². The Hall–Kier alpha value is -5.36. The Morgan fingerprint density at radius 3 is 2.72 bits per heavy atom. The van der Waals surface area contributed by atoms with Crippen molar-refractivity contribution in [2.45, 2.75) is 20.4 Å². The third-order valence-corrected chi connectivity index (χ3v) is 6.98. The molecular formula is C30H21ClFN5O6. The van der Waals surface area contributed by atoms with Crippen molar-refractivity contribution in [1.29, 1.82) is 0 Å². The van der Waals surface area contributed by atoms with Crippen LogP contribution in [-0.4, -0.2) is 37.6 Å². The summed E-state index contributed by atoms with van der Waals surface area (Å²) in [6.07, 6.45) is 3.01. The average molecular weight is 602 g/mol. The molecule has 0 unspecified atom stereocenters. The Balaban J connectivity index is 1.69. The van der Waals surface area contributed by atoms with Crippen LogP contribution in [-0.2, 0) is 11.3 Å². The number of benzene rings is 1. The number of hydrogen-bond donors (Lipinski definition) is 0. The third kappa shape index (κ3) is 4.91. The summed E-state index contributed by atoms with van der Waals surface area (Å²) < 4.78 is 33.7. The normalized spacial score (nSPS) is 11.9. The van der Waals surface area contributed by atoms with E-state index in [0.29, 0.717) is 11.4 Å². The molecule has 0 atom stereocenters. The van der Waals surface area contributed by atoms with Gasteiger partial charge in [0.25, 0.3) is 11.5 Å². The van der Waals surface area contributed by atoms with E-state index in [0.717, 1.165) is 0 Å². The predicted molar refractivity (Wildman–Crippen MR) is 152 cm³/mol. The van der Waals surface area contributed by atoms with Crippen LogP contribution in [0.2, 0.25) is 5.02 Å². The number of furan rings is 1. The number of esters is 1. The number of pyridine rings is 2. The van der Waals surface area contributed by atoms with Crippen LogP contribution in [0.5, 0.6) is 0 Å². The van der Waals surface area contributed by atoms with Crippen molar-refractivity contribution >= 4 is 40.2 Å². The molecule has 6 rings (SSSR count). The molecule has 0 N–H and O–H groups in total. The molecule has 0 spiro atoms. The number of hydrogen-bond acceptors (Lipinski definition) is 8. The molecule has 0 aliphatic heterocycles. The molecule has 11 nitrogen and oxygen atoms in total. The molecule has 0 saturated heterocycles. The van der Waals surface area contributed by atoms with Gasteiger partial charge in [-0.1, -0.05) is 28.9 Å². The molecule has 0 fully saturated rings. The number of ether oxygens (including phenoxy) is 1. The summed E-state index contributed by atoms with van der Waals surface area (Å²) in [6.45, 7) is 3.03. The molecule has 6 aromatic rings. The van der Waals surface area contributed by atoms with Crippen molar-refractivity contribution in [2.75, 3.05) is 6.61 Å². The maximum absolute atomic E-state index is 14.9. The number of aromatic nitrogens is 4. The highest BCUT2D eigenvalue weighted by atomic mass is 35.5. The standard InChI is InChI=1S/C30H21ClFN5O6/c1-3-41-30(40)19-14-18-26(33-22-11-4-5-12-36(22)29(18)39)37(15-17-8-7-13-42-17)27(19)34-28(38)23-16(2)43-35-25(23)24-20(31)9-6-10-21(24)32/h4-14H,3,15H2,1-2H3. The van der Waals surface area contributed by atoms with E-state index in [-0.39, 0.29) is 62.8 Å². The van der Waals surface area contributed by atoms with Gasteiger partial charge in [0.2, 0.25) is 0 Å². The number of fused-ring (bicyclic) bond motifs is 2. The molecule has 5 heterocycles. The fourth-order valence-corrected chi connectivity index (χ4v) is 4.99. The number of nitrogens with zero attached hydrogens (tertiary/aromatic N) is 5. The second-order valence-electron chi connectivity index (χ2n) is 9.33. The number of amides is 1. The molecule has 1 aromatic carbocycles. The third-order valence-electron chi connectivity index (χ3n) is 6.66. The molecule has 0 saturated carbocycles. The van der Waals surface area contributed by atoms with Crippen LogP contribution < -0.4 is 11.0 Å². The average Bonchev–Trinajstić information content (AvgIpc) is 3.64. The van der Waals surface area contributed by atoms with E-state index in [9.17, 15) is 18.8 Å². The van der Waals surface area contributed by atoms with Gasteiger partial charge in [0.1, 0.15) is 45.5 Å². The van der Waals surface area contributed by atoms with Crippen LogP contribution >= 0.6 is 11.6 Å². The maximum Gasteiger partial charge on any atom is 0.341 e. The van der Waals surface area contributed by atoms with Gasteiger partial charge in [-0.15, -0.1) is 0 Å². The lowest BCUT2D eigenvalue weighted by molar-refractivity contribution is 0.0523. The van der Waals surface area contributed by atoms with E-state index < -0.39 is 23.3 Å². The Labute approximate surface area is 246 Å². The minimum atomic E-state index is -0.913. The molecule has 0 bridgehead atoms. The van der Waals surface area contributed by atoms with Crippen LogP contribution in [0.15, 0.2) is 85.8 Å². The Morgan fingerprint density at radius 2 is 1.98 bits per heavy atom. The lowest BCUT2D eigenvalue weighted by atomic mass is 10.1. The summed E-state index contributed by atoms with van der Waals surface area (Å²) in [5.41, 5.74) is -0.829. The fraction of sp³-hybridized carbons (Fsp3) is 0.133. The summed E-state index contributed by atoms with van der Waals surface area (Å²) in [5.74, 6) is -2.00. The zero-order chi connectivity index (χ0) is 30.2. The summed E-state index contributed by atoms with van der Waals surface area (Å²) in [6, 6.07) is 13.7. The Kier molecular flexibility index (Phi) is 7.20. The van der Waals surface area contributed by atoms with Gasteiger partial charge in [-0.05, 0) is 56.3 Å². The van der Waals surface area contributed by atoms with Crippen molar-refractivity contribution in [2.24, 2.45) is 4.99 Å². The van der Waals surface area contributed by atoms with Crippen molar-refractivity contribution in [3.05, 3.63) is 116 Å². The van der Waals surface area contributed by atoms with Crippen molar-refractivity contribution in [3.8, 4) is 11.3 Å². The van der Waals surface area contributed by atoms with Gasteiger partial charge >= 0.3 is 5.97 Å². The van der Waals surface area contributed by atoms with E-state index in [1.54, 1.807) is 43.5 Å². The molecule has 5 aromatic heterocycles. The SMILES string of the molecule is CCOC(=O)c1cc2c(=O)n3ccccc3nc2n(Cc2ccco2)c1=NC(=O)c1c(-c2c(F)cccc2Cl)noc1C. The van der Waals surface area contributed by atoms with Gasteiger partial charge in [0, 0.05) is 6.20 Å². The number of carbonyl (C=O) groups excluding carboxylic acids is 2. The summed E-state index contributed by atoms with van der Waals surface area (Å²) in [7, 11) is 0. The first kappa shape index (κ1) is 27.8. The van der Waals surface area contributed by atoms with Gasteiger partial charge in [-0.2, -0.15) is 4.99 Å². The highest BCUT2D eigenvalue weighted by Gasteiger charge is 2.27. The van der Waals surface area contributed by atoms with Gasteiger partial charge in [-0.3, -0.25) is 14.0 Å². The zero-order valence-corrected chi connectivity index (χ0v) is 23.5. The van der Waals surface area contributed by atoms with E-state index in [4.69, 9.17) is 25.3 Å². The largest absolute Gasteiger partial charge is 0.467 e. The molecule has 0 radical (unpaired) electrons. The first-order valence-corrected chi connectivity index (χ1v) is 13.4. The van der Waals surface area contributed by atoms with Crippen LogP contribution in [0.1, 0.15) is 39.2 Å². The summed E-state index contributed by atoms with van der Waals surface area (Å²) in [4.78, 5) is 49.8. The van der Waals surface area contributed by atoms with Gasteiger partial charge in [-0.25, -0.2) is 14.2 Å². The molecule has 0 aliphatic rings. The van der Waals surface area contributed by atoms with Gasteiger partial charge in [0.05, 0.1) is 35.4 Å². The van der Waals surface area contributed by atoms with Gasteiger partial charge < -0.3 is 18.2 Å².